The number of anilines is 2. The molecule has 1 N–H and O–H groups in total. The summed E-state index contributed by atoms with van der Waals surface area (Å²) in [4.78, 5) is 12.2. The van der Waals surface area contributed by atoms with Crippen molar-refractivity contribution in [2.75, 3.05) is 18.6 Å². The lowest BCUT2D eigenvalue weighted by molar-refractivity contribution is 0.588. The van der Waals surface area contributed by atoms with Crippen LogP contribution in [0.1, 0.15) is 0 Å². The Morgan fingerprint density at radius 3 is 2.86 bits per heavy atom. The normalized spacial score (nSPS) is 11.8. The van der Waals surface area contributed by atoms with Crippen molar-refractivity contribution in [3.05, 3.63) is 34.5 Å². The summed E-state index contributed by atoms with van der Waals surface area (Å²) < 4.78 is 14.9. The van der Waals surface area contributed by atoms with Crippen molar-refractivity contribution in [2.24, 2.45) is 0 Å². The average molecular weight is 402 g/mol. The molecule has 0 aliphatic carbocycles. The maximum Gasteiger partial charge on any atom is 0.224 e. The van der Waals surface area contributed by atoms with Gasteiger partial charge in [0.25, 0.3) is 0 Å². The Kier molecular flexibility index (Phi) is 3.92. The summed E-state index contributed by atoms with van der Waals surface area (Å²) in [6, 6.07) is 1.78. The molecule has 3 heterocycles. The molecule has 0 bridgehead atoms. The van der Waals surface area contributed by atoms with Gasteiger partial charge in [-0.25, -0.2) is 14.5 Å². The zero-order valence-corrected chi connectivity index (χ0v) is 14.9. The van der Waals surface area contributed by atoms with Gasteiger partial charge >= 0.3 is 0 Å². The van der Waals surface area contributed by atoms with Gasteiger partial charge in [0, 0.05) is 12.4 Å². The fourth-order valence-corrected chi connectivity index (χ4v) is 3.84. The lowest BCUT2D eigenvalue weighted by atomic mass is 10.4. The first-order chi connectivity index (χ1) is 10.4. The third-order valence-electron chi connectivity index (χ3n) is 2.93. The molecule has 0 aromatic carbocycles. The monoisotopic (exact) mass is 400 g/mol. The summed E-state index contributed by atoms with van der Waals surface area (Å²) in [5, 5.41) is 7.93. The first-order valence-corrected chi connectivity index (χ1v) is 9.96. The Hall–Kier alpha value is -1.50. The van der Waals surface area contributed by atoms with Gasteiger partial charge in [-0.05, 0) is 46.9 Å². The third kappa shape index (κ3) is 2.86. The standard InChI is InChI=1S/C12H11BrClN6OP/c1-22(2,21)9-8(3-4-20-11(9)16-6-17-20)18-10-7(13)5-15-12(14)19-10/h3-6H,1-2H3,(H,15,18,19). The molecule has 3 aromatic heterocycles. The Morgan fingerprint density at radius 1 is 1.36 bits per heavy atom. The second kappa shape index (κ2) is 5.61. The number of hydrogen-bond donors (Lipinski definition) is 1. The van der Waals surface area contributed by atoms with Gasteiger partial charge in [-0.3, -0.25) is 0 Å². The summed E-state index contributed by atoms with van der Waals surface area (Å²) in [6.07, 6.45) is 4.71. The summed E-state index contributed by atoms with van der Waals surface area (Å²) in [6.45, 7) is 3.37. The number of rotatable bonds is 3. The van der Waals surface area contributed by atoms with Gasteiger partial charge in [0.15, 0.2) is 5.65 Å². The molecule has 3 aromatic rings. The average Bonchev–Trinajstić information content (AvgIpc) is 2.89. The molecule has 22 heavy (non-hydrogen) atoms. The Balaban J connectivity index is 2.18. The zero-order chi connectivity index (χ0) is 15.9. The smallest absolute Gasteiger partial charge is 0.224 e. The second-order valence-electron chi connectivity index (χ2n) is 4.92. The first kappa shape index (κ1) is 15.4. The van der Waals surface area contributed by atoms with Crippen LogP contribution in [0, 0.1) is 0 Å². The molecule has 0 spiro atoms. The van der Waals surface area contributed by atoms with Crippen molar-refractivity contribution in [3.8, 4) is 0 Å². The van der Waals surface area contributed by atoms with Crippen LogP contribution in [-0.2, 0) is 4.57 Å². The topological polar surface area (TPSA) is 85.1 Å². The minimum Gasteiger partial charge on any atom is -0.338 e. The van der Waals surface area contributed by atoms with E-state index >= 15 is 0 Å². The molecule has 114 valence electrons. The van der Waals surface area contributed by atoms with Gasteiger partial charge in [0.2, 0.25) is 5.28 Å². The van der Waals surface area contributed by atoms with Crippen molar-refractivity contribution in [1.82, 2.24) is 24.6 Å². The van der Waals surface area contributed by atoms with Crippen molar-refractivity contribution in [3.63, 3.8) is 0 Å². The van der Waals surface area contributed by atoms with Gasteiger partial charge in [0.1, 0.15) is 19.3 Å². The highest BCUT2D eigenvalue weighted by molar-refractivity contribution is 9.10. The maximum absolute atomic E-state index is 12.7. The highest BCUT2D eigenvalue weighted by Gasteiger charge is 2.22. The van der Waals surface area contributed by atoms with E-state index in [0.29, 0.717) is 26.9 Å². The molecule has 3 rings (SSSR count). The molecule has 0 amide bonds. The van der Waals surface area contributed by atoms with Crippen LogP contribution >= 0.6 is 34.7 Å². The Bertz CT molecular complexity index is 908. The maximum atomic E-state index is 12.7. The fraction of sp³-hybridized carbons (Fsp3) is 0.167. The number of halogens is 2. The van der Waals surface area contributed by atoms with Crippen LogP contribution in [0.3, 0.4) is 0 Å². The number of aromatic nitrogens is 5. The summed E-state index contributed by atoms with van der Waals surface area (Å²) in [5.41, 5.74) is 1.19. The Labute approximate surface area is 139 Å². The quantitative estimate of drug-likeness (QED) is 0.536. The molecular formula is C12H11BrClN6OP. The van der Waals surface area contributed by atoms with Crippen LogP contribution in [0.15, 0.2) is 29.3 Å². The fourth-order valence-electron chi connectivity index (χ4n) is 2.07. The zero-order valence-electron chi connectivity index (χ0n) is 11.7. The predicted molar refractivity (Wildman–Crippen MR) is 90.1 cm³/mol. The first-order valence-electron chi connectivity index (χ1n) is 6.19. The lowest BCUT2D eigenvalue weighted by Gasteiger charge is -2.16. The molecular weight excluding hydrogens is 391 g/mol. The van der Waals surface area contributed by atoms with E-state index in [2.05, 4.69) is 41.3 Å². The van der Waals surface area contributed by atoms with Gasteiger partial charge in [-0.1, -0.05) is 0 Å². The van der Waals surface area contributed by atoms with Gasteiger partial charge in [-0.2, -0.15) is 10.1 Å². The molecule has 0 aliphatic rings. The van der Waals surface area contributed by atoms with E-state index in [9.17, 15) is 4.57 Å². The van der Waals surface area contributed by atoms with Gasteiger partial charge in [0.05, 0.1) is 15.5 Å². The molecule has 0 fully saturated rings. The lowest BCUT2D eigenvalue weighted by Crippen LogP contribution is -2.15. The van der Waals surface area contributed by atoms with Crippen LogP contribution in [0.5, 0.6) is 0 Å². The van der Waals surface area contributed by atoms with Gasteiger partial charge < -0.3 is 9.88 Å². The van der Waals surface area contributed by atoms with Gasteiger partial charge in [-0.15, -0.1) is 0 Å². The van der Waals surface area contributed by atoms with Crippen LogP contribution in [0.2, 0.25) is 5.28 Å². The predicted octanol–water partition coefficient (Wildman–Crippen LogP) is 2.93. The molecule has 7 nitrogen and oxygen atoms in total. The van der Waals surface area contributed by atoms with E-state index in [4.69, 9.17) is 11.6 Å². The number of fused-ring (bicyclic) bond motifs is 1. The second-order valence-corrected chi connectivity index (χ2v) is 9.26. The number of nitrogens with one attached hydrogen (secondary N) is 1. The van der Waals surface area contributed by atoms with E-state index < -0.39 is 7.14 Å². The van der Waals surface area contributed by atoms with Crippen molar-refractivity contribution in [1.29, 1.82) is 0 Å². The molecule has 0 saturated heterocycles. The van der Waals surface area contributed by atoms with Crippen molar-refractivity contribution >= 4 is 57.1 Å². The van der Waals surface area contributed by atoms with Crippen LogP contribution in [0.25, 0.3) is 5.65 Å². The molecule has 0 aliphatic heterocycles. The van der Waals surface area contributed by atoms with E-state index in [1.54, 1.807) is 36.3 Å². The highest BCUT2D eigenvalue weighted by Crippen LogP contribution is 2.40. The molecule has 0 atom stereocenters. The number of hydrogen-bond acceptors (Lipinski definition) is 6. The molecule has 0 radical (unpaired) electrons. The van der Waals surface area contributed by atoms with Crippen LogP contribution < -0.4 is 10.6 Å². The summed E-state index contributed by atoms with van der Waals surface area (Å²) >= 11 is 9.18. The number of pyridine rings is 1. The number of nitrogens with zero attached hydrogens (tertiary/aromatic N) is 5. The highest BCUT2D eigenvalue weighted by atomic mass is 79.9. The van der Waals surface area contributed by atoms with Crippen LogP contribution in [0.4, 0.5) is 11.5 Å². The molecule has 10 heteroatoms. The Morgan fingerprint density at radius 2 is 2.14 bits per heavy atom. The third-order valence-corrected chi connectivity index (χ3v) is 5.21. The van der Waals surface area contributed by atoms with Crippen LogP contribution in [-0.4, -0.2) is 37.9 Å². The summed E-state index contributed by atoms with van der Waals surface area (Å²) in [7, 11) is -2.61. The SMILES string of the molecule is CP(C)(=O)c1c(Nc2nc(Cl)ncc2Br)ccn2ncnc12. The largest absolute Gasteiger partial charge is 0.338 e. The minimum atomic E-state index is -2.61. The van der Waals surface area contributed by atoms with E-state index in [1.807, 2.05) is 0 Å². The van der Waals surface area contributed by atoms with E-state index in [-0.39, 0.29) is 5.28 Å². The molecule has 0 saturated carbocycles. The van der Waals surface area contributed by atoms with Crippen molar-refractivity contribution < 1.29 is 4.57 Å². The van der Waals surface area contributed by atoms with E-state index in [0.717, 1.165) is 0 Å². The summed E-state index contributed by atoms with van der Waals surface area (Å²) in [5.74, 6) is 0.485. The molecule has 0 unspecified atom stereocenters. The van der Waals surface area contributed by atoms with E-state index in [1.165, 1.54) is 6.33 Å². The van der Waals surface area contributed by atoms with Crippen molar-refractivity contribution in [2.45, 2.75) is 0 Å². The minimum absolute atomic E-state index is 0.118.